The molecule has 1 saturated carbocycles. The van der Waals surface area contributed by atoms with E-state index < -0.39 is 0 Å². The molecule has 1 N–H and O–H groups in total. The second-order valence-electron chi connectivity index (χ2n) is 8.41. The van der Waals surface area contributed by atoms with Crippen molar-refractivity contribution >= 4 is 5.91 Å². The number of methoxy groups -OCH3 is 1. The van der Waals surface area contributed by atoms with Gasteiger partial charge in [-0.1, -0.05) is 41.5 Å². The standard InChI is InChI=1S/C21H25N5O3.C2H6.H2/c1-12-23-11-15(26-25-12)17(27)24-18-20(2,3)19(21(18,4)5)29-14-8-7-13(10-22)16(9-14)28-6;1-2;/h7-9,11,18-19H,1-6H3,(H,24,27);1-2H3;1H. The molecule has 8 heteroatoms. The molecule has 1 amide bonds. The summed E-state index contributed by atoms with van der Waals surface area (Å²) >= 11 is 0. The minimum absolute atomic E-state index is 0. The average Bonchev–Trinajstić information content (AvgIpc) is 2.76. The van der Waals surface area contributed by atoms with E-state index in [1.807, 2.05) is 41.5 Å². The molecular weight excluding hydrogens is 394 g/mol. The van der Waals surface area contributed by atoms with Gasteiger partial charge in [-0.25, -0.2) is 4.98 Å². The van der Waals surface area contributed by atoms with Gasteiger partial charge in [0.2, 0.25) is 0 Å². The molecule has 1 fully saturated rings. The number of carbonyl (C=O) groups excluding carboxylic acids is 1. The molecule has 0 unspecified atom stereocenters. The highest BCUT2D eigenvalue weighted by molar-refractivity contribution is 5.92. The lowest BCUT2D eigenvalue weighted by atomic mass is 9.49. The first-order chi connectivity index (χ1) is 14.6. The summed E-state index contributed by atoms with van der Waals surface area (Å²) in [4.78, 5) is 16.6. The van der Waals surface area contributed by atoms with E-state index in [1.165, 1.54) is 13.3 Å². The Labute approximate surface area is 185 Å². The normalized spacial score (nSPS) is 20.2. The molecule has 3 rings (SSSR count). The van der Waals surface area contributed by atoms with Gasteiger partial charge in [-0.05, 0) is 19.1 Å². The Morgan fingerprint density at radius 2 is 1.84 bits per heavy atom. The third-order valence-corrected chi connectivity index (χ3v) is 5.57. The molecule has 1 aliphatic carbocycles. The van der Waals surface area contributed by atoms with Crippen molar-refractivity contribution in [3.8, 4) is 17.6 Å². The van der Waals surface area contributed by atoms with Gasteiger partial charge in [0.05, 0.1) is 18.9 Å². The molecular formula is C23H33N5O3. The van der Waals surface area contributed by atoms with Crippen molar-refractivity contribution in [1.29, 1.82) is 5.26 Å². The Morgan fingerprint density at radius 1 is 1.19 bits per heavy atom. The Bertz CT molecular complexity index is 955. The smallest absolute Gasteiger partial charge is 0.273 e. The lowest BCUT2D eigenvalue weighted by Gasteiger charge is -2.63. The number of amides is 1. The summed E-state index contributed by atoms with van der Waals surface area (Å²) in [5.74, 6) is 1.28. The molecule has 2 aromatic rings. The molecule has 0 bridgehead atoms. The molecule has 31 heavy (non-hydrogen) atoms. The first-order valence-corrected chi connectivity index (χ1v) is 10.3. The topological polar surface area (TPSA) is 110 Å². The van der Waals surface area contributed by atoms with Crippen LogP contribution in [-0.2, 0) is 0 Å². The number of rotatable bonds is 5. The number of ether oxygens (including phenoxy) is 2. The minimum atomic E-state index is -0.341. The molecule has 8 nitrogen and oxygen atoms in total. The first-order valence-electron chi connectivity index (χ1n) is 10.3. The Hall–Kier alpha value is -3.21. The first kappa shape index (κ1) is 24.1. The molecule has 0 aliphatic heterocycles. The fourth-order valence-corrected chi connectivity index (χ4v) is 4.41. The quantitative estimate of drug-likeness (QED) is 0.769. The van der Waals surface area contributed by atoms with Crippen molar-refractivity contribution in [2.24, 2.45) is 10.8 Å². The van der Waals surface area contributed by atoms with Gasteiger partial charge in [0, 0.05) is 24.4 Å². The largest absolute Gasteiger partial charge is 0.495 e. The summed E-state index contributed by atoms with van der Waals surface area (Å²) in [6.45, 7) is 13.9. The van der Waals surface area contributed by atoms with E-state index in [0.717, 1.165) is 0 Å². The van der Waals surface area contributed by atoms with Gasteiger partial charge in [-0.15, -0.1) is 10.2 Å². The predicted octanol–water partition coefficient (Wildman–Crippen LogP) is 3.94. The lowest BCUT2D eigenvalue weighted by molar-refractivity contribution is -0.164. The monoisotopic (exact) mass is 427 g/mol. The number of hydrogen-bond acceptors (Lipinski definition) is 7. The van der Waals surface area contributed by atoms with Crippen molar-refractivity contribution in [1.82, 2.24) is 20.5 Å². The van der Waals surface area contributed by atoms with Crippen LogP contribution in [0, 0.1) is 29.1 Å². The van der Waals surface area contributed by atoms with E-state index in [9.17, 15) is 4.79 Å². The van der Waals surface area contributed by atoms with Crippen LogP contribution in [0.25, 0.3) is 0 Å². The zero-order chi connectivity index (χ0) is 23.4. The van der Waals surface area contributed by atoms with Crippen molar-refractivity contribution in [2.45, 2.75) is 60.6 Å². The van der Waals surface area contributed by atoms with Gasteiger partial charge in [0.15, 0.2) is 5.69 Å². The van der Waals surface area contributed by atoms with Gasteiger partial charge in [0.25, 0.3) is 5.91 Å². The zero-order valence-electron chi connectivity index (χ0n) is 19.5. The molecule has 168 valence electrons. The molecule has 1 aromatic heterocycles. The minimum Gasteiger partial charge on any atom is -0.495 e. The Balaban J connectivity index is 0.00000166. The van der Waals surface area contributed by atoms with Crippen LogP contribution >= 0.6 is 0 Å². The maximum absolute atomic E-state index is 12.6. The molecule has 1 heterocycles. The second-order valence-corrected chi connectivity index (χ2v) is 8.41. The van der Waals surface area contributed by atoms with Crippen LogP contribution in [-0.4, -0.2) is 40.3 Å². The summed E-state index contributed by atoms with van der Waals surface area (Å²) in [5.41, 5.74) is -0.0501. The van der Waals surface area contributed by atoms with Crippen molar-refractivity contribution in [3.63, 3.8) is 0 Å². The fourth-order valence-electron chi connectivity index (χ4n) is 4.41. The third kappa shape index (κ3) is 4.61. The SMILES string of the molecule is CC.COc1cc(OC2C(C)(C)C(NC(=O)c3cnc(C)nn3)C2(C)C)ccc1C#N.[HH]. The van der Waals surface area contributed by atoms with Crippen LogP contribution in [0.2, 0.25) is 0 Å². The summed E-state index contributed by atoms with van der Waals surface area (Å²) < 4.78 is 11.5. The van der Waals surface area contributed by atoms with E-state index in [2.05, 4.69) is 26.6 Å². The number of aryl methyl sites for hydroxylation is 1. The molecule has 1 aromatic carbocycles. The van der Waals surface area contributed by atoms with E-state index in [0.29, 0.717) is 22.9 Å². The van der Waals surface area contributed by atoms with Crippen molar-refractivity contribution < 1.29 is 15.7 Å². The number of benzene rings is 1. The van der Waals surface area contributed by atoms with Crippen LogP contribution in [0.1, 0.15) is 64.8 Å². The maximum Gasteiger partial charge on any atom is 0.273 e. The number of hydrogen-bond donors (Lipinski definition) is 1. The van der Waals surface area contributed by atoms with E-state index in [-0.39, 0.29) is 36.0 Å². The van der Waals surface area contributed by atoms with Crippen molar-refractivity contribution in [2.75, 3.05) is 7.11 Å². The molecule has 1 aliphatic rings. The van der Waals surface area contributed by atoms with Gasteiger partial charge in [0.1, 0.15) is 29.5 Å². The third-order valence-electron chi connectivity index (χ3n) is 5.57. The Morgan fingerprint density at radius 3 is 2.35 bits per heavy atom. The van der Waals surface area contributed by atoms with Crippen LogP contribution in [0.4, 0.5) is 0 Å². The Kier molecular flexibility index (Phi) is 7.21. The highest BCUT2D eigenvalue weighted by atomic mass is 16.5. The van der Waals surface area contributed by atoms with E-state index >= 15 is 0 Å². The average molecular weight is 428 g/mol. The van der Waals surface area contributed by atoms with Crippen LogP contribution in [0.3, 0.4) is 0 Å². The number of carbonyl (C=O) groups is 1. The zero-order valence-corrected chi connectivity index (χ0v) is 19.5. The summed E-state index contributed by atoms with van der Waals surface area (Å²) in [7, 11) is 1.52. The van der Waals surface area contributed by atoms with Gasteiger partial charge in [-0.2, -0.15) is 5.26 Å². The molecule has 0 saturated heterocycles. The highest BCUT2D eigenvalue weighted by Gasteiger charge is 2.64. The number of nitrogens with zero attached hydrogens (tertiary/aromatic N) is 4. The number of nitriles is 1. The summed E-state index contributed by atoms with van der Waals surface area (Å²) in [6, 6.07) is 7.09. The van der Waals surface area contributed by atoms with Crippen molar-refractivity contribution in [3.05, 3.63) is 41.5 Å². The highest BCUT2D eigenvalue weighted by Crippen LogP contribution is 2.55. The molecule has 0 radical (unpaired) electrons. The summed E-state index contributed by atoms with van der Waals surface area (Å²) in [6.07, 6.45) is 1.26. The molecule has 0 spiro atoms. The number of nitrogens with one attached hydrogen (secondary N) is 1. The van der Waals surface area contributed by atoms with Crippen LogP contribution in [0.5, 0.6) is 11.5 Å². The van der Waals surface area contributed by atoms with Gasteiger partial charge < -0.3 is 14.8 Å². The van der Waals surface area contributed by atoms with Crippen LogP contribution < -0.4 is 14.8 Å². The van der Waals surface area contributed by atoms with Crippen LogP contribution in [0.15, 0.2) is 24.4 Å². The maximum atomic E-state index is 12.6. The van der Waals surface area contributed by atoms with Gasteiger partial charge >= 0.3 is 0 Å². The predicted molar refractivity (Wildman–Crippen MR) is 119 cm³/mol. The van der Waals surface area contributed by atoms with Gasteiger partial charge in [-0.3, -0.25) is 4.79 Å². The van der Waals surface area contributed by atoms with E-state index in [1.54, 1.807) is 25.1 Å². The second kappa shape index (κ2) is 9.29. The summed E-state index contributed by atoms with van der Waals surface area (Å²) in [5, 5.41) is 20.0. The lowest BCUT2D eigenvalue weighted by Crippen LogP contribution is -2.74. The fraction of sp³-hybridized carbons (Fsp3) is 0.522. The van der Waals surface area contributed by atoms with E-state index in [4.69, 9.17) is 14.7 Å². The number of aromatic nitrogens is 3. The molecule has 0 atom stereocenters.